The summed E-state index contributed by atoms with van der Waals surface area (Å²) in [5.74, 6) is 1.36. The smallest absolute Gasteiger partial charge is 0.123 e. The van der Waals surface area contributed by atoms with Crippen molar-refractivity contribution >= 4 is 0 Å². The lowest BCUT2D eigenvalue weighted by Gasteiger charge is -2.23. The Hall–Kier alpha value is -1.53. The Balaban J connectivity index is 2.74. The molecule has 0 aliphatic carbocycles. The van der Waals surface area contributed by atoms with E-state index in [1.54, 1.807) is 7.11 Å². The molecule has 0 heterocycles. The highest BCUT2D eigenvalue weighted by Crippen LogP contribution is 2.22. The van der Waals surface area contributed by atoms with Crippen molar-refractivity contribution in [3.05, 3.63) is 29.3 Å². The van der Waals surface area contributed by atoms with Crippen LogP contribution in [0.5, 0.6) is 5.75 Å². The van der Waals surface area contributed by atoms with E-state index in [1.165, 1.54) is 11.1 Å². The molecule has 0 aromatic heterocycles. The molecule has 1 aromatic carbocycles. The van der Waals surface area contributed by atoms with E-state index in [-0.39, 0.29) is 5.92 Å². The molecule has 1 atom stereocenters. The normalized spacial score (nSPS) is 12.5. The number of rotatable bonds is 6. The molecule has 0 radical (unpaired) electrons. The fourth-order valence-electron chi connectivity index (χ4n) is 2.12. The first kappa shape index (κ1) is 15.5. The van der Waals surface area contributed by atoms with E-state index in [2.05, 4.69) is 50.9 Å². The van der Waals surface area contributed by atoms with Gasteiger partial charge in [-0.15, -0.1) is 0 Å². The van der Waals surface area contributed by atoms with E-state index >= 15 is 0 Å². The summed E-state index contributed by atoms with van der Waals surface area (Å²) in [5, 5.41) is 9.15. The molecule has 0 bridgehead atoms. The van der Waals surface area contributed by atoms with Gasteiger partial charge in [0.15, 0.2) is 0 Å². The molecule has 1 unspecified atom stereocenters. The van der Waals surface area contributed by atoms with Crippen LogP contribution in [0.25, 0.3) is 0 Å². The fourth-order valence-corrected chi connectivity index (χ4v) is 2.12. The zero-order valence-electron chi connectivity index (χ0n) is 12.6. The third-order valence-corrected chi connectivity index (χ3v) is 3.36. The average Bonchev–Trinajstić information content (AvgIpc) is 2.35. The summed E-state index contributed by atoms with van der Waals surface area (Å²) in [5.41, 5.74) is 2.40. The van der Waals surface area contributed by atoms with Crippen LogP contribution in [0.15, 0.2) is 18.2 Å². The molecule has 0 spiro atoms. The Morgan fingerprint density at radius 1 is 1.37 bits per heavy atom. The largest absolute Gasteiger partial charge is 0.496 e. The van der Waals surface area contributed by atoms with Gasteiger partial charge in [0, 0.05) is 18.7 Å². The summed E-state index contributed by atoms with van der Waals surface area (Å²) >= 11 is 0. The lowest BCUT2D eigenvalue weighted by Crippen LogP contribution is -2.27. The van der Waals surface area contributed by atoms with Crippen LogP contribution in [0.3, 0.4) is 0 Å². The highest BCUT2D eigenvalue weighted by Gasteiger charge is 2.16. The Morgan fingerprint density at radius 3 is 2.58 bits per heavy atom. The van der Waals surface area contributed by atoms with Crippen molar-refractivity contribution in [2.45, 2.75) is 27.3 Å². The number of benzene rings is 1. The van der Waals surface area contributed by atoms with Crippen LogP contribution >= 0.6 is 0 Å². The second kappa shape index (κ2) is 7.16. The monoisotopic (exact) mass is 260 g/mol. The average molecular weight is 260 g/mol. The van der Waals surface area contributed by atoms with E-state index in [4.69, 9.17) is 10.00 Å². The van der Waals surface area contributed by atoms with Crippen LogP contribution in [-0.4, -0.2) is 25.6 Å². The van der Waals surface area contributed by atoms with E-state index in [9.17, 15) is 0 Å². The first-order valence-electron chi connectivity index (χ1n) is 6.69. The molecule has 3 heteroatoms. The van der Waals surface area contributed by atoms with E-state index in [0.29, 0.717) is 5.92 Å². The molecular formula is C16H24N2O. The molecule has 0 aliphatic rings. The zero-order valence-corrected chi connectivity index (χ0v) is 12.6. The SMILES string of the molecule is COc1ccc(C)cc1CN(C)CC(C#N)C(C)C. The predicted octanol–water partition coefficient (Wildman–Crippen LogP) is 3.23. The maximum Gasteiger partial charge on any atom is 0.123 e. The van der Waals surface area contributed by atoms with Gasteiger partial charge in [0.05, 0.1) is 19.1 Å². The first-order valence-corrected chi connectivity index (χ1v) is 6.69. The van der Waals surface area contributed by atoms with Gasteiger partial charge >= 0.3 is 0 Å². The summed E-state index contributed by atoms with van der Waals surface area (Å²) in [4.78, 5) is 2.19. The molecule has 1 aromatic rings. The Labute approximate surface area is 116 Å². The second-order valence-electron chi connectivity index (χ2n) is 5.49. The molecule has 104 valence electrons. The van der Waals surface area contributed by atoms with Gasteiger partial charge in [0.25, 0.3) is 0 Å². The number of hydrogen-bond acceptors (Lipinski definition) is 3. The molecule has 0 fully saturated rings. The number of nitriles is 1. The van der Waals surface area contributed by atoms with Crippen molar-refractivity contribution in [3.63, 3.8) is 0 Å². The standard InChI is InChI=1S/C16H24N2O/c1-12(2)15(9-17)11-18(4)10-14-8-13(3)6-7-16(14)19-5/h6-8,12,15H,10-11H2,1-5H3. The van der Waals surface area contributed by atoms with Crippen LogP contribution in [0.4, 0.5) is 0 Å². The summed E-state index contributed by atoms with van der Waals surface area (Å²) in [7, 11) is 3.74. The molecule has 3 nitrogen and oxygen atoms in total. The molecule has 19 heavy (non-hydrogen) atoms. The Bertz CT molecular complexity index is 449. The van der Waals surface area contributed by atoms with E-state index in [0.717, 1.165) is 18.8 Å². The third kappa shape index (κ3) is 4.57. The minimum absolute atomic E-state index is 0.0702. The van der Waals surface area contributed by atoms with Crippen molar-refractivity contribution in [3.8, 4) is 11.8 Å². The van der Waals surface area contributed by atoms with Crippen LogP contribution < -0.4 is 4.74 Å². The first-order chi connectivity index (χ1) is 8.97. The Kier molecular flexibility index (Phi) is 5.85. The van der Waals surface area contributed by atoms with Crippen LogP contribution in [0.2, 0.25) is 0 Å². The molecular weight excluding hydrogens is 236 g/mol. The molecule has 0 saturated heterocycles. The van der Waals surface area contributed by atoms with E-state index < -0.39 is 0 Å². The molecule has 0 N–H and O–H groups in total. The van der Waals surface area contributed by atoms with Gasteiger partial charge in [0.1, 0.15) is 5.75 Å². The topological polar surface area (TPSA) is 36.3 Å². The number of nitrogens with zero attached hydrogens (tertiary/aromatic N) is 2. The van der Waals surface area contributed by atoms with Crippen LogP contribution in [-0.2, 0) is 6.54 Å². The van der Waals surface area contributed by atoms with Gasteiger partial charge < -0.3 is 9.64 Å². The van der Waals surface area contributed by atoms with E-state index in [1.807, 2.05) is 6.07 Å². The van der Waals surface area contributed by atoms with Crippen molar-refractivity contribution in [1.82, 2.24) is 4.90 Å². The lowest BCUT2D eigenvalue weighted by molar-refractivity contribution is 0.261. The molecule has 0 aliphatic heterocycles. The third-order valence-electron chi connectivity index (χ3n) is 3.36. The molecule has 1 rings (SSSR count). The summed E-state index contributed by atoms with van der Waals surface area (Å²) < 4.78 is 5.39. The van der Waals surface area contributed by atoms with Gasteiger partial charge in [0.2, 0.25) is 0 Å². The predicted molar refractivity (Wildman–Crippen MR) is 78.0 cm³/mol. The van der Waals surface area contributed by atoms with Crippen molar-refractivity contribution in [2.75, 3.05) is 20.7 Å². The number of aryl methyl sites for hydroxylation is 1. The maximum atomic E-state index is 9.15. The quantitative estimate of drug-likeness (QED) is 0.788. The van der Waals surface area contributed by atoms with Gasteiger partial charge in [-0.05, 0) is 26.0 Å². The zero-order chi connectivity index (χ0) is 14.4. The maximum absolute atomic E-state index is 9.15. The number of ether oxygens (including phenoxy) is 1. The van der Waals surface area contributed by atoms with Crippen molar-refractivity contribution in [1.29, 1.82) is 5.26 Å². The minimum Gasteiger partial charge on any atom is -0.496 e. The summed E-state index contributed by atoms with van der Waals surface area (Å²) in [6.07, 6.45) is 0. The van der Waals surface area contributed by atoms with Gasteiger partial charge in [-0.3, -0.25) is 0 Å². The second-order valence-corrected chi connectivity index (χ2v) is 5.49. The van der Waals surface area contributed by atoms with Gasteiger partial charge in [-0.2, -0.15) is 5.26 Å². The van der Waals surface area contributed by atoms with Gasteiger partial charge in [-0.1, -0.05) is 31.5 Å². The van der Waals surface area contributed by atoms with Crippen molar-refractivity contribution in [2.24, 2.45) is 11.8 Å². The van der Waals surface area contributed by atoms with Crippen LogP contribution in [0.1, 0.15) is 25.0 Å². The highest BCUT2D eigenvalue weighted by molar-refractivity contribution is 5.36. The van der Waals surface area contributed by atoms with Crippen molar-refractivity contribution < 1.29 is 4.74 Å². The summed E-state index contributed by atoms with van der Waals surface area (Å²) in [6, 6.07) is 8.58. The fraction of sp³-hybridized carbons (Fsp3) is 0.562. The summed E-state index contributed by atoms with van der Waals surface area (Å²) in [6.45, 7) is 7.85. The molecule has 0 amide bonds. The minimum atomic E-state index is 0.0702. The number of methoxy groups -OCH3 is 1. The number of hydrogen-bond donors (Lipinski definition) is 0. The molecule has 0 saturated carbocycles. The van der Waals surface area contributed by atoms with Crippen LogP contribution in [0, 0.1) is 30.1 Å². The highest BCUT2D eigenvalue weighted by atomic mass is 16.5. The van der Waals surface area contributed by atoms with Gasteiger partial charge in [-0.25, -0.2) is 0 Å². The lowest BCUT2D eigenvalue weighted by atomic mass is 9.97. The Morgan fingerprint density at radius 2 is 2.05 bits per heavy atom.